The standard InChI is InChI=1S/C30H26N4O3S3/c1-36-27-16-22(14-15-26(27)37-18-21-8-3-2-4-9-21)17-31-32-28(35)20-39-30-34-33-29(40-30)38-19-24-12-7-11-23-10-5-6-13-25(23)24/h2-17H,18-20H2,1H3,(H,32,35). The maximum absolute atomic E-state index is 12.3. The van der Waals surface area contributed by atoms with Gasteiger partial charge < -0.3 is 9.47 Å². The Morgan fingerprint density at radius 2 is 1.70 bits per heavy atom. The highest BCUT2D eigenvalue weighted by molar-refractivity contribution is 8.03. The molecule has 0 aliphatic carbocycles. The van der Waals surface area contributed by atoms with Crippen LogP contribution in [0.15, 0.2) is 105 Å². The molecule has 10 heteroatoms. The molecule has 0 fully saturated rings. The average Bonchev–Trinajstić information content (AvgIpc) is 3.46. The Balaban J connectivity index is 1.07. The van der Waals surface area contributed by atoms with Crippen molar-refractivity contribution < 1.29 is 14.3 Å². The van der Waals surface area contributed by atoms with Crippen molar-refractivity contribution in [3.05, 3.63) is 108 Å². The van der Waals surface area contributed by atoms with Gasteiger partial charge in [-0.15, -0.1) is 10.2 Å². The number of hydrogen-bond acceptors (Lipinski definition) is 9. The third kappa shape index (κ3) is 7.62. The van der Waals surface area contributed by atoms with Crippen molar-refractivity contribution in [1.29, 1.82) is 0 Å². The quantitative estimate of drug-likeness (QED) is 0.0976. The first kappa shape index (κ1) is 27.7. The first-order valence-corrected chi connectivity index (χ1v) is 15.2. The van der Waals surface area contributed by atoms with Gasteiger partial charge in [0, 0.05) is 5.75 Å². The van der Waals surface area contributed by atoms with Crippen LogP contribution in [0.5, 0.6) is 11.5 Å². The molecule has 5 rings (SSSR count). The van der Waals surface area contributed by atoms with Crippen molar-refractivity contribution in [1.82, 2.24) is 15.6 Å². The number of hydrogen-bond donors (Lipinski definition) is 1. The molecule has 202 valence electrons. The number of ether oxygens (including phenoxy) is 2. The van der Waals surface area contributed by atoms with Gasteiger partial charge in [-0.2, -0.15) is 5.10 Å². The molecule has 0 unspecified atom stereocenters. The summed E-state index contributed by atoms with van der Waals surface area (Å²) in [5, 5.41) is 15.0. The van der Waals surface area contributed by atoms with Crippen LogP contribution in [0.3, 0.4) is 0 Å². The van der Waals surface area contributed by atoms with Gasteiger partial charge in [0.2, 0.25) is 0 Å². The van der Waals surface area contributed by atoms with E-state index in [0.717, 1.165) is 25.6 Å². The molecular weight excluding hydrogens is 561 g/mol. The van der Waals surface area contributed by atoms with Crippen molar-refractivity contribution in [3.63, 3.8) is 0 Å². The lowest BCUT2D eigenvalue weighted by Gasteiger charge is -2.11. The average molecular weight is 587 g/mol. The highest BCUT2D eigenvalue weighted by Crippen LogP contribution is 2.32. The number of rotatable bonds is 12. The number of thioether (sulfide) groups is 2. The predicted octanol–water partition coefficient (Wildman–Crippen LogP) is 6.81. The molecule has 0 radical (unpaired) electrons. The van der Waals surface area contributed by atoms with Crippen molar-refractivity contribution in [3.8, 4) is 11.5 Å². The predicted molar refractivity (Wildman–Crippen MR) is 164 cm³/mol. The molecule has 1 amide bonds. The fraction of sp³-hybridized carbons (Fsp3) is 0.133. The van der Waals surface area contributed by atoms with Gasteiger partial charge in [-0.3, -0.25) is 4.79 Å². The highest BCUT2D eigenvalue weighted by atomic mass is 32.2. The minimum absolute atomic E-state index is 0.190. The van der Waals surface area contributed by atoms with E-state index in [-0.39, 0.29) is 11.7 Å². The Labute approximate surface area is 245 Å². The van der Waals surface area contributed by atoms with E-state index in [2.05, 4.69) is 57.1 Å². The summed E-state index contributed by atoms with van der Waals surface area (Å²) < 4.78 is 13.0. The van der Waals surface area contributed by atoms with E-state index in [9.17, 15) is 4.79 Å². The molecule has 0 spiro atoms. The Hall–Kier alpha value is -3.86. The maximum Gasteiger partial charge on any atom is 0.250 e. The van der Waals surface area contributed by atoms with Crippen molar-refractivity contribution in [2.24, 2.45) is 5.10 Å². The fourth-order valence-corrected chi connectivity index (χ4v) is 6.65. The normalized spacial score (nSPS) is 11.1. The number of carbonyl (C=O) groups is 1. The number of amides is 1. The van der Waals surface area contributed by atoms with E-state index in [4.69, 9.17) is 9.47 Å². The van der Waals surface area contributed by atoms with Gasteiger partial charge in [0.05, 0.1) is 19.1 Å². The zero-order chi connectivity index (χ0) is 27.6. The third-order valence-corrected chi connectivity index (χ3v) is 9.01. The van der Waals surface area contributed by atoms with Crippen LogP contribution in [0, 0.1) is 0 Å². The van der Waals surface area contributed by atoms with Crippen molar-refractivity contribution in [2.45, 2.75) is 21.0 Å². The summed E-state index contributed by atoms with van der Waals surface area (Å²) in [5.41, 5.74) is 5.66. The summed E-state index contributed by atoms with van der Waals surface area (Å²) in [4.78, 5) is 12.3. The van der Waals surface area contributed by atoms with Gasteiger partial charge in [0.15, 0.2) is 20.2 Å². The van der Waals surface area contributed by atoms with Crippen LogP contribution in [0.4, 0.5) is 0 Å². The summed E-state index contributed by atoms with van der Waals surface area (Å²) in [6.45, 7) is 0.442. The van der Waals surface area contributed by atoms with E-state index in [1.165, 1.54) is 39.4 Å². The van der Waals surface area contributed by atoms with Gasteiger partial charge in [0.1, 0.15) is 6.61 Å². The second-order valence-corrected chi connectivity index (χ2v) is 11.9. The lowest BCUT2D eigenvalue weighted by atomic mass is 10.1. The molecule has 0 aliphatic heterocycles. The molecule has 0 bridgehead atoms. The topological polar surface area (TPSA) is 85.7 Å². The third-order valence-electron chi connectivity index (χ3n) is 5.77. The van der Waals surface area contributed by atoms with Gasteiger partial charge in [-0.05, 0) is 45.7 Å². The van der Waals surface area contributed by atoms with Crippen LogP contribution >= 0.6 is 34.9 Å². The minimum atomic E-state index is -0.226. The number of benzene rings is 4. The van der Waals surface area contributed by atoms with Crippen LogP contribution in [0.2, 0.25) is 0 Å². The lowest BCUT2D eigenvalue weighted by Crippen LogP contribution is -2.19. The molecular formula is C30H26N4O3S3. The lowest BCUT2D eigenvalue weighted by molar-refractivity contribution is -0.118. The number of nitrogens with one attached hydrogen (secondary N) is 1. The zero-order valence-electron chi connectivity index (χ0n) is 21.7. The molecule has 1 N–H and O–H groups in total. The van der Waals surface area contributed by atoms with Crippen molar-refractivity contribution >= 4 is 57.8 Å². The van der Waals surface area contributed by atoms with Crippen LogP contribution in [0.25, 0.3) is 10.8 Å². The Morgan fingerprint density at radius 3 is 2.55 bits per heavy atom. The van der Waals surface area contributed by atoms with Crippen molar-refractivity contribution in [2.75, 3.05) is 12.9 Å². The number of fused-ring (bicyclic) bond motifs is 1. The molecule has 5 aromatic rings. The Bertz CT molecular complexity index is 1600. The molecule has 1 aromatic heterocycles. The van der Waals surface area contributed by atoms with E-state index < -0.39 is 0 Å². The van der Waals surface area contributed by atoms with Gasteiger partial charge in [0.25, 0.3) is 5.91 Å². The van der Waals surface area contributed by atoms with Crippen LogP contribution in [-0.4, -0.2) is 35.2 Å². The second-order valence-electron chi connectivity index (χ2n) is 8.53. The van der Waals surface area contributed by atoms with Gasteiger partial charge in [-0.25, -0.2) is 5.43 Å². The molecule has 0 saturated carbocycles. The van der Waals surface area contributed by atoms with E-state index >= 15 is 0 Å². The summed E-state index contributed by atoms with van der Waals surface area (Å²) in [6, 6.07) is 30.1. The summed E-state index contributed by atoms with van der Waals surface area (Å²) in [7, 11) is 1.59. The van der Waals surface area contributed by atoms with Gasteiger partial charge >= 0.3 is 0 Å². The number of methoxy groups -OCH3 is 1. The van der Waals surface area contributed by atoms with E-state index in [0.29, 0.717) is 18.1 Å². The van der Waals surface area contributed by atoms with Crippen LogP contribution < -0.4 is 14.9 Å². The molecule has 0 saturated heterocycles. The number of carbonyl (C=O) groups excluding carboxylic acids is 1. The van der Waals surface area contributed by atoms with E-state index in [1.54, 1.807) is 25.1 Å². The van der Waals surface area contributed by atoms with E-state index in [1.807, 2.05) is 54.6 Å². The van der Waals surface area contributed by atoms with Crippen LogP contribution in [-0.2, 0) is 17.2 Å². The molecule has 0 atom stereocenters. The Morgan fingerprint density at radius 1 is 0.925 bits per heavy atom. The monoisotopic (exact) mass is 586 g/mol. The van der Waals surface area contributed by atoms with Crippen LogP contribution in [0.1, 0.15) is 16.7 Å². The summed E-state index contributed by atoms with van der Waals surface area (Å²) in [6.07, 6.45) is 1.57. The smallest absolute Gasteiger partial charge is 0.250 e. The number of hydrazone groups is 1. The maximum atomic E-state index is 12.3. The second kappa shape index (κ2) is 14.0. The zero-order valence-corrected chi connectivity index (χ0v) is 24.1. The molecule has 4 aromatic carbocycles. The largest absolute Gasteiger partial charge is 0.493 e. The summed E-state index contributed by atoms with van der Waals surface area (Å²) >= 11 is 4.48. The first-order chi connectivity index (χ1) is 19.7. The van der Waals surface area contributed by atoms with Gasteiger partial charge in [-0.1, -0.05) is 108 Å². The number of nitrogens with zero attached hydrogens (tertiary/aromatic N) is 3. The molecule has 7 nitrogen and oxygen atoms in total. The molecule has 0 aliphatic rings. The first-order valence-electron chi connectivity index (χ1n) is 12.4. The summed E-state index contributed by atoms with van der Waals surface area (Å²) in [5.74, 6) is 2.00. The SMILES string of the molecule is COc1cc(C=NNC(=O)CSc2nnc(SCc3cccc4ccccc34)s2)ccc1OCc1ccccc1. The molecule has 1 heterocycles. The number of aromatic nitrogens is 2. The molecule has 40 heavy (non-hydrogen) atoms. The fourth-order valence-electron chi connectivity index (χ4n) is 3.83. The highest BCUT2D eigenvalue weighted by Gasteiger charge is 2.10. The Kier molecular flexibility index (Phi) is 9.68. The minimum Gasteiger partial charge on any atom is -0.493 e.